The Bertz CT molecular complexity index is 1050. The number of aromatic nitrogens is 4. The van der Waals surface area contributed by atoms with Gasteiger partial charge >= 0.3 is 0 Å². The molecular formula is C19H22N7O2S+. The molecule has 29 heavy (non-hydrogen) atoms. The number of nitro groups is 1. The molecule has 150 valence electrons. The molecule has 1 saturated heterocycles. The van der Waals surface area contributed by atoms with Crippen LogP contribution in [0, 0.1) is 14.9 Å². The molecule has 1 fully saturated rings. The molecule has 2 aromatic heterocycles. The van der Waals surface area contributed by atoms with Crippen LogP contribution in [0.4, 0.5) is 11.4 Å². The lowest BCUT2D eigenvalue weighted by atomic mass is 10.2. The molecule has 4 rings (SSSR count). The van der Waals surface area contributed by atoms with Crippen molar-refractivity contribution in [2.24, 2.45) is 7.05 Å². The minimum absolute atomic E-state index is 0.118. The van der Waals surface area contributed by atoms with Crippen LogP contribution >= 0.6 is 12.2 Å². The number of benzene rings is 1. The van der Waals surface area contributed by atoms with Crippen LogP contribution in [-0.4, -0.2) is 50.4 Å². The lowest BCUT2D eigenvalue weighted by Gasteiger charge is -2.33. The molecule has 0 aliphatic carbocycles. The van der Waals surface area contributed by atoms with Gasteiger partial charge in [-0.05, 0) is 36.5 Å². The van der Waals surface area contributed by atoms with Crippen molar-refractivity contribution in [2.45, 2.75) is 6.67 Å². The first-order chi connectivity index (χ1) is 14.0. The third-order valence-corrected chi connectivity index (χ3v) is 5.73. The third-order valence-electron chi connectivity index (χ3n) is 5.25. The van der Waals surface area contributed by atoms with E-state index in [4.69, 9.17) is 17.3 Å². The van der Waals surface area contributed by atoms with Gasteiger partial charge in [-0.1, -0.05) is 0 Å². The second-order valence-corrected chi connectivity index (χ2v) is 7.43. The van der Waals surface area contributed by atoms with Crippen LogP contribution in [0.3, 0.4) is 0 Å². The molecule has 3 heterocycles. The van der Waals surface area contributed by atoms with Crippen LogP contribution in [0.5, 0.6) is 0 Å². The molecule has 0 bridgehead atoms. The lowest BCUT2D eigenvalue weighted by Crippen LogP contribution is -3.14. The topological polar surface area (TPSA) is 86.5 Å². The van der Waals surface area contributed by atoms with Crippen LogP contribution in [0.15, 0.2) is 48.8 Å². The summed E-state index contributed by atoms with van der Waals surface area (Å²) in [5.74, 6) is 0.835. The van der Waals surface area contributed by atoms with Crippen molar-refractivity contribution in [3.8, 4) is 11.4 Å². The fourth-order valence-electron chi connectivity index (χ4n) is 3.58. The largest absolute Gasteiger partial charge is 0.360 e. The number of nitrogens with zero attached hydrogens (tertiary/aromatic N) is 6. The Hall–Kier alpha value is -3.11. The minimum Gasteiger partial charge on any atom is -0.360 e. The van der Waals surface area contributed by atoms with Gasteiger partial charge in [-0.25, -0.2) is 0 Å². The van der Waals surface area contributed by atoms with Gasteiger partial charge in [0.05, 0.1) is 31.1 Å². The Labute approximate surface area is 173 Å². The average Bonchev–Trinajstić information content (AvgIpc) is 3.03. The first kappa shape index (κ1) is 19.2. The van der Waals surface area contributed by atoms with Crippen molar-refractivity contribution in [3.63, 3.8) is 0 Å². The Morgan fingerprint density at radius 1 is 1.14 bits per heavy atom. The highest BCUT2D eigenvalue weighted by Gasteiger charge is 2.22. The van der Waals surface area contributed by atoms with E-state index < -0.39 is 0 Å². The molecule has 0 saturated carbocycles. The Morgan fingerprint density at radius 3 is 2.41 bits per heavy atom. The average molecular weight is 412 g/mol. The smallest absolute Gasteiger partial charge is 0.269 e. The van der Waals surface area contributed by atoms with Gasteiger partial charge in [-0.3, -0.25) is 15.1 Å². The van der Waals surface area contributed by atoms with Gasteiger partial charge in [-0.2, -0.15) is 4.68 Å². The maximum absolute atomic E-state index is 10.8. The molecule has 0 amide bonds. The molecule has 3 aromatic rings. The highest BCUT2D eigenvalue weighted by Crippen LogP contribution is 2.19. The number of rotatable bonds is 5. The van der Waals surface area contributed by atoms with Gasteiger partial charge in [0.25, 0.3) is 5.69 Å². The molecule has 0 spiro atoms. The standard InChI is InChI=1S/C19H21N7O2S/c1-22-18(15-6-8-20-9-7-15)21-25(19(22)29)14-23-10-12-24(13-11-23)16-2-4-17(5-3-16)26(27)28/h2-9H,10-14H2,1H3/p+1. The maximum Gasteiger partial charge on any atom is 0.269 e. The number of nitrogens with one attached hydrogen (secondary N) is 1. The van der Waals surface area contributed by atoms with E-state index in [0.717, 1.165) is 43.3 Å². The van der Waals surface area contributed by atoms with Crippen LogP contribution in [0.2, 0.25) is 0 Å². The van der Waals surface area contributed by atoms with E-state index in [9.17, 15) is 10.1 Å². The van der Waals surface area contributed by atoms with Crippen molar-refractivity contribution in [3.05, 3.63) is 63.7 Å². The highest BCUT2D eigenvalue weighted by molar-refractivity contribution is 7.71. The molecule has 10 heteroatoms. The quantitative estimate of drug-likeness (QED) is 0.386. The van der Waals surface area contributed by atoms with Crippen LogP contribution in [0.25, 0.3) is 11.4 Å². The van der Waals surface area contributed by atoms with Gasteiger partial charge in [0.2, 0.25) is 4.77 Å². The van der Waals surface area contributed by atoms with E-state index in [1.165, 1.54) is 4.90 Å². The van der Waals surface area contributed by atoms with Crippen LogP contribution < -0.4 is 9.80 Å². The summed E-state index contributed by atoms with van der Waals surface area (Å²) in [5, 5.41) is 15.5. The van der Waals surface area contributed by atoms with Crippen molar-refractivity contribution in [1.29, 1.82) is 0 Å². The number of pyridine rings is 1. The van der Waals surface area contributed by atoms with E-state index in [-0.39, 0.29) is 10.6 Å². The number of nitro benzene ring substituents is 1. The monoisotopic (exact) mass is 412 g/mol. The number of quaternary nitrogens is 1. The first-order valence-corrected chi connectivity index (χ1v) is 9.81. The molecular weight excluding hydrogens is 390 g/mol. The summed E-state index contributed by atoms with van der Waals surface area (Å²) in [6, 6.07) is 10.6. The Kier molecular flexibility index (Phi) is 5.36. The molecule has 1 aliphatic heterocycles. The molecule has 9 nitrogen and oxygen atoms in total. The summed E-state index contributed by atoms with van der Waals surface area (Å²) in [4.78, 5) is 18.2. The van der Waals surface area contributed by atoms with Crippen molar-refractivity contribution >= 4 is 23.6 Å². The summed E-state index contributed by atoms with van der Waals surface area (Å²) in [6.07, 6.45) is 3.50. The minimum atomic E-state index is -0.372. The van der Waals surface area contributed by atoms with Gasteiger partial charge < -0.3 is 14.4 Å². The molecule has 0 radical (unpaired) electrons. The zero-order chi connectivity index (χ0) is 20.4. The zero-order valence-corrected chi connectivity index (χ0v) is 16.9. The molecule has 0 atom stereocenters. The van der Waals surface area contributed by atoms with Crippen LogP contribution in [0.1, 0.15) is 0 Å². The number of anilines is 1. The molecule has 0 unspecified atom stereocenters. The first-order valence-electron chi connectivity index (χ1n) is 9.40. The van der Waals surface area contributed by atoms with Crippen molar-refractivity contribution in [1.82, 2.24) is 19.3 Å². The second kappa shape index (κ2) is 8.10. The fraction of sp³-hybridized carbons (Fsp3) is 0.316. The summed E-state index contributed by atoms with van der Waals surface area (Å²) in [5.41, 5.74) is 2.13. The molecule has 1 aliphatic rings. The Balaban J connectivity index is 1.41. The number of hydrogen-bond acceptors (Lipinski definition) is 6. The fourth-order valence-corrected chi connectivity index (χ4v) is 3.77. The normalized spacial score (nSPS) is 14.9. The Morgan fingerprint density at radius 2 is 1.79 bits per heavy atom. The zero-order valence-electron chi connectivity index (χ0n) is 16.1. The van der Waals surface area contributed by atoms with Gasteiger partial charge in [0, 0.05) is 42.8 Å². The predicted octanol–water partition coefficient (Wildman–Crippen LogP) is 1.28. The van der Waals surface area contributed by atoms with Gasteiger partial charge in [0.1, 0.15) is 0 Å². The van der Waals surface area contributed by atoms with E-state index >= 15 is 0 Å². The van der Waals surface area contributed by atoms with Gasteiger partial charge in [0.15, 0.2) is 12.5 Å². The second-order valence-electron chi connectivity index (χ2n) is 7.07. The molecule has 1 N–H and O–H groups in total. The summed E-state index contributed by atoms with van der Waals surface area (Å²) >= 11 is 5.58. The van der Waals surface area contributed by atoms with E-state index in [1.54, 1.807) is 24.5 Å². The van der Waals surface area contributed by atoms with E-state index in [1.807, 2.05) is 40.6 Å². The SMILES string of the molecule is Cn1c(-c2ccncc2)nn(C[NH+]2CCN(c3ccc([N+](=O)[O-])cc3)CC2)c1=S. The number of hydrogen-bond donors (Lipinski definition) is 1. The number of piperazine rings is 1. The van der Waals surface area contributed by atoms with Crippen LogP contribution in [-0.2, 0) is 13.7 Å². The predicted molar refractivity (Wildman–Crippen MR) is 111 cm³/mol. The maximum atomic E-state index is 10.8. The lowest BCUT2D eigenvalue weighted by molar-refractivity contribution is -0.924. The highest BCUT2D eigenvalue weighted by atomic mass is 32.1. The van der Waals surface area contributed by atoms with Crippen molar-refractivity contribution in [2.75, 3.05) is 31.1 Å². The van der Waals surface area contributed by atoms with E-state index in [0.29, 0.717) is 11.4 Å². The summed E-state index contributed by atoms with van der Waals surface area (Å²) in [7, 11) is 1.93. The summed E-state index contributed by atoms with van der Waals surface area (Å²) in [6.45, 7) is 4.36. The summed E-state index contributed by atoms with van der Waals surface area (Å²) < 4.78 is 4.52. The van der Waals surface area contributed by atoms with Gasteiger partial charge in [-0.15, -0.1) is 5.10 Å². The molecule has 1 aromatic carbocycles. The number of non-ortho nitro benzene ring substituents is 1. The van der Waals surface area contributed by atoms with E-state index in [2.05, 4.69) is 9.88 Å². The van der Waals surface area contributed by atoms with Crippen molar-refractivity contribution < 1.29 is 9.82 Å². The third kappa shape index (κ3) is 4.03.